The Kier molecular flexibility index (Phi) is 4.89. The lowest BCUT2D eigenvalue weighted by Gasteiger charge is -2.09. The summed E-state index contributed by atoms with van der Waals surface area (Å²) in [5.41, 5.74) is 0.638. The van der Waals surface area contributed by atoms with Crippen LogP contribution in [0.4, 0.5) is 5.69 Å². The van der Waals surface area contributed by atoms with Crippen LogP contribution in [0.2, 0.25) is 0 Å². The molecule has 1 unspecified atom stereocenters. The molecule has 0 amide bonds. The van der Waals surface area contributed by atoms with Gasteiger partial charge in [0.2, 0.25) is 0 Å². The second-order valence-electron chi connectivity index (χ2n) is 3.68. The molecule has 88 valence electrons. The van der Waals surface area contributed by atoms with Crippen molar-refractivity contribution in [3.8, 4) is 0 Å². The maximum Gasteiger partial charge on any atom is 0.273 e. The monoisotopic (exact) mass is 287 g/mol. The summed E-state index contributed by atoms with van der Waals surface area (Å²) in [6.45, 7) is 1.97. The van der Waals surface area contributed by atoms with Crippen molar-refractivity contribution in [3.63, 3.8) is 0 Å². The Morgan fingerprint density at radius 1 is 1.56 bits per heavy atom. The van der Waals surface area contributed by atoms with Gasteiger partial charge in [-0.05, 0) is 12.5 Å². The first kappa shape index (κ1) is 13.1. The van der Waals surface area contributed by atoms with E-state index in [1.807, 2.05) is 6.92 Å². The zero-order chi connectivity index (χ0) is 12.1. The van der Waals surface area contributed by atoms with Crippen molar-refractivity contribution >= 4 is 21.6 Å². The fourth-order valence-corrected chi connectivity index (χ4v) is 1.92. The summed E-state index contributed by atoms with van der Waals surface area (Å²) in [7, 11) is 0. The lowest BCUT2D eigenvalue weighted by Crippen LogP contribution is -2.11. The van der Waals surface area contributed by atoms with E-state index >= 15 is 0 Å². The molecule has 0 saturated carbocycles. The largest absolute Gasteiger partial charge is 0.393 e. The Morgan fingerprint density at radius 3 is 2.81 bits per heavy atom. The molecule has 0 saturated heterocycles. The maximum atomic E-state index is 10.8. The highest BCUT2D eigenvalue weighted by Crippen LogP contribution is 2.25. The van der Waals surface area contributed by atoms with Crippen molar-refractivity contribution in [1.29, 1.82) is 0 Å². The smallest absolute Gasteiger partial charge is 0.273 e. The van der Waals surface area contributed by atoms with E-state index in [9.17, 15) is 15.2 Å². The molecule has 1 atom stereocenters. The molecule has 0 aromatic heterocycles. The second kappa shape index (κ2) is 5.96. The van der Waals surface area contributed by atoms with Gasteiger partial charge in [-0.25, -0.2) is 0 Å². The lowest BCUT2D eigenvalue weighted by atomic mass is 10.0. The molecule has 1 rings (SSSR count). The maximum absolute atomic E-state index is 10.8. The van der Waals surface area contributed by atoms with Gasteiger partial charge in [0.05, 0.1) is 11.0 Å². The Hall–Kier alpha value is -0.940. The van der Waals surface area contributed by atoms with Crippen LogP contribution >= 0.6 is 15.9 Å². The summed E-state index contributed by atoms with van der Waals surface area (Å²) in [4.78, 5) is 10.4. The molecule has 16 heavy (non-hydrogen) atoms. The minimum Gasteiger partial charge on any atom is -0.393 e. The van der Waals surface area contributed by atoms with Crippen LogP contribution in [0.1, 0.15) is 25.3 Å². The van der Waals surface area contributed by atoms with Gasteiger partial charge >= 0.3 is 0 Å². The van der Waals surface area contributed by atoms with Crippen molar-refractivity contribution < 1.29 is 10.0 Å². The van der Waals surface area contributed by atoms with Gasteiger partial charge in [0.25, 0.3) is 5.69 Å². The zero-order valence-corrected chi connectivity index (χ0v) is 10.6. The van der Waals surface area contributed by atoms with Crippen LogP contribution < -0.4 is 0 Å². The summed E-state index contributed by atoms with van der Waals surface area (Å²) in [5.74, 6) is 0. The van der Waals surface area contributed by atoms with Crippen molar-refractivity contribution in [1.82, 2.24) is 0 Å². The Labute approximate surface area is 103 Å². The minimum absolute atomic E-state index is 0.0597. The first-order valence-corrected chi connectivity index (χ1v) is 5.94. The summed E-state index contributed by atoms with van der Waals surface area (Å²) < 4.78 is 0.674. The number of nitro groups is 1. The number of halogens is 1. The van der Waals surface area contributed by atoms with Crippen molar-refractivity contribution in [2.45, 2.75) is 32.3 Å². The molecule has 0 bridgehead atoms. The molecule has 0 radical (unpaired) electrons. The Bertz CT molecular complexity index is 381. The highest BCUT2D eigenvalue weighted by atomic mass is 79.9. The summed E-state index contributed by atoms with van der Waals surface area (Å²) >= 11 is 3.19. The van der Waals surface area contributed by atoms with E-state index in [0.29, 0.717) is 22.9 Å². The van der Waals surface area contributed by atoms with Crippen molar-refractivity contribution in [3.05, 3.63) is 38.3 Å². The highest BCUT2D eigenvalue weighted by Gasteiger charge is 2.16. The van der Waals surface area contributed by atoms with E-state index in [-0.39, 0.29) is 5.69 Å². The van der Waals surface area contributed by atoms with Gasteiger partial charge in [0.15, 0.2) is 0 Å². The van der Waals surface area contributed by atoms with E-state index in [1.54, 1.807) is 12.1 Å². The van der Waals surface area contributed by atoms with Crippen LogP contribution in [0.15, 0.2) is 22.7 Å². The molecular weight excluding hydrogens is 274 g/mol. The third kappa shape index (κ3) is 3.57. The Morgan fingerprint density at radius 2 is 2.25 bits per heavy atom. The van der Waals surface area contributed by atoms with Crippen LogP contribution in [0, 0.1) is 10.1 Å². The normalized spacial score (nSPS) is 12.4. The SMILES string of the molecule is CCCC(O)Cc1ccc(Br)cc1[N+](=O)[O-]. The molecule has 0 aliphatic heterocycles. The average molecular weight is 288 g/mol. The molecule has 0 heterocycles. The molecule has 0 aliphatic rings. The van der Waals surface area contributed by atoms with E-state index in [4.69, 9.17) is 0 Å². The van der Waals surface area contributed by atoms with E-state index < -0.39 is 11.0 Å². The number of nitrogens with zero attached hydrogens (tertiary/aromatic N) is 1. The van der Waals surface area contributed by atoms with E-state index in [2.05, 4.69) is 15.9 Å². The molecule has 0 spiro atoms. The zero-order valence-electron chi connectivity index (χ0n) is 9.02. The van der Waals surface area contributed by atoms with E-state index in [0.717, 1.165) is 6.42 Å². The van der Waals surface area contributed by atoms with Crippen LogP contribution in [0.3, 0.4) is 0 Å². The average Bonchev–Trinajstić information content (AvgIpc) is 2.20. The van der Waals surface area contributed by atoms with Gasteiger partial charge in [-0.2, -0.15) is 0 Å². The molecule has 1 aromatic carbocycles. The topological polar surface area (TPSA) is 63.4 Å². The number of aliphatic hydroxyl groups is 1. The first-order valence-electron chi connectivity index (χ1n) is 5.15. The summed E-state index contributed by atoms with van der Waals surface area (Å²) in [6, 6.07) is 4.90. The van der Waals surface area contributed by atoms with Crippen molar-refractivity contribution in [2.24, 2.45) is 0 Å². The number of hydrogen-bond donors (Lipinski definition) is 1. The molecule has 5 heteroatoms. The fraction of sp³-hybridized carbons (Fsp3) is 0.455. The third-order valence-electron chi connectivity index (χ3n) is 2.32. The van der Waals surface area contributed by atoms with Gasteiger partial charge in [0, 0.05) is 22.5 Å². The third-order valence-corrected chi connectivity index (χ3v) is 2.81. The van der Waals surface area contributed by atoms with Crippen molar-refractivity contribution in [2.75, 3.05) is 0 Å². The molecule has 1 N–H and O–H groups in total. The summed E-state index contributed by atoms with van der Waals surface area (Å²) in [6.07, 6.45) is 1.35. The van der Waals surface area contributed by atoms with Crippen LogP contribution in [-0.4, -0.2) is 16.1 Å². The molecule has 1 aromatic rings. The number of benzene rings is 1. The Balaban J connectivity index is 2.90. The second-order valence-corrected chi connectivity index (χ2v) is 4.59. The summed E-state index contributed by atoms with van der Waals surface area (Å²) in [5, 5.41) is 20.5. The predicted molar refractivity (Wildman–Crippen MR) is 65.4 cm³/mol. The lowest BCUT2D eigenvalue weighted by molar-refractivity contribution is -0.385. The number of rotatable bonds is 5. The van der Waals surface area contributed by atoms with Gasteiger partial charge in [-0.15, -0.1) is 0 Å². The van der Waals surface area contributed by atoms with Gasteiger partial charge in [0.1, 0.15) is 0 Å². The van der Waals surface area contributed by atoms with Crippen LogP contribution in [-0.2, 0) is 6.42 Å². The standard InChI is InChI=1S/C11H14BrNO3/c1-2-3-10(14)6-8-4-5-9(12)7-11(8)13(15)16/h4-5,7,10,14H,2-3,6H2,1H3. The predicted octanol–water partition coefficient (Wildman–Crippen LogP) is 3.06. The fourth-order valence-electron chi connectivity index (χ4n) is 1.57. The molecule has 4 nitrogen and oxygen atoms in total. The number of hydrogen-bond acceptors (Lipinski definition) is 3. The first-order chi connectivity index (χ1) is 7.54. The quantitative estimate of drug-likeness (QED) is 0.669. The molecule has 0 aliphatic carbocycles. The minimum atomic E-state index is -0.509. The van der Waals surface area contributed by atoms with Gasteiger partial charge in [-0.3, -0.25) is 10.1 Å². The molecular formula is C11H14BrNO3. The van der Waals surface area contributed by atoms with Crippen LogP contribution in [0.25, 0.3) is 0 Å². The number of nitro benzene ring substituents is 1. The van der Waals surface area contributed by atoms with Gasteiger partial charge in [-0.1, -0.05) is 35.3 Å². The molecule has 0 fully saturated rings. The number of aliphatic hydroxyl groups excluding tert-OH is 1. The highest BCUT2D eigenvalue weighted by molar-refractivity contribution is 9.10. The van der Waals surface area contributed by atoms with E-state index in [1.165, 1.54) is 6.07 Å². The van der Waals surface area contributed by atoms with Crippen LogP contribution in [0.5, 0.6) is 0 Å². The van der Waals surface area contributed by atoms with Gasteiger partial charge < -0.3 is 5.11 Å².